The van der Waals surface area contributed by atoms with Crippen molar-refractivity contribution >= 4 is 11.5 Å². The maximum absolute atomic E-state index is 4.40. The second kappa shape index (κ2) is 5.73. The van der Waals surface area contributed by atoms with Crippen molar-refractivity contribution in [2.24, 2.45) is 11.8 Å². The number of nitrogens with one attached hydrogen (secondary N) is 1. The van der Waals surface area contributed by atoms with Gasteiger partial charge in [-0.1, -0.05) is 26.7 Å². The number of nitrogens with zero attached hydrogens (tertiary/aromatic N) is 5. The molecule has 1 N–H and O–H groups in total. The van der Waals surface area contributed by atoms with Gasteiger partial charge >= 0.3 is 0 Å². The normalized spacial score (nSPS) is 22.8. The fourth-order valence-electron chi connectivity index (χ4n) is 3.04. The summed E-state index contributed by atoms with van der Waals surface area (Å²) in [6.07, 6.45) is 6.49. The van der Waals surface area contributed by atoms with Gasteiger partial charge < -0.3 is 5.32 Å². The van der Waals surface area contributed by atoms with Gasteiger partial charge in [0.1, 0.15) is 5.82 Å². The van der Waals surface area contributed by atoms with Crippen LogP contribution in [0.1, 0.15) is 46.0 Å². The first kappa shape index (κ1) is 13.3. The van der Waals surface area contributed by atoms with Crippen LogP contribution in [0.25, 0.3) is 5.65 Å². The van der Waals surface area contributed by atoms with E-state index >= 15 is 0 Å². The van der Waals surface area contributed by atoms with Gasteiger partial charge in [-0.05, 0) is 53.7 Å². The summed E-state index contributed by atoms with van der Waals surface area (Å²) in [7, 11) is 0. The summed E-state index contributed by atoms with van der Waals surface area (Å²) in [5, 5.41) is 19.3. The quantitative estimate of drug-likeness (QED) is 0.907. The first-order valence-electron chi connectivity index (χ1n) is 7.54. The third-order valence-corrected chi connectivity index (χ3v) is 4.18. The Labute approximate surface area is 118 Å². The largest absolute Gasteiger partial charge is 0.366 e. The Morgan fingerprint density at radius 1 is 1.35 bits per heavy atom. The molecule has 20 heavy (non-hydrogen) atoms. The predicted molar refractivity (Wildman–Crippen MR) is 77.4 cm³/mol. The van der Waals surface area contributed by atoms with E-state index < -0.39 is 0 Å². The Morgan fingerprint density at radius 3 is 3.10 bits per heavy atom. The Morgan fingerprint density at radius 2 is 2.25 bits per heavy atom. The number of hydrogen-bond acceptors (Lipinski definition) is 5. The summed E-state index contributed by atoms with van der Waals surface area (Å²) in [4.78, 5) is 0. The minimum absolute atomic E-state index is 0.537. The lowest BCUT2D eigenvalue weighted by Gasteiger charge is -2.22. The first-order chi connectivity index (χ1) is 9.72. The maximum Gasteiger partial charge on any atom is 0.200 e. The second-order valence-corrected chi connectivity index (χ2v) is 6.16. The van der Waals surface area contributed by atoms with Crippen LogP contribution < -0.4 is 5.32 Å². The van der Waals surface area contributed by atoms with Crippen molar-refractivity contribution in [3.63, 3.8) is 0 Å². The zero-order chi connectivity index (χ0) is 13.9. The molecule has 6 heteroatoms. The number of rotatable bonds is 5. The van der Waals surface area contributed by atoms with E-state index in [9.17, 15) is 0 Å². The third-order valence-electron chi connectivity index (χ3n) is 4.18. The number of fused-ring (bicyclic) bond motifs is 1. The molecule has 0 amide bonds. The van der Waals surface area contributed by atoms with Gasteiger partial charge in [-0.2, -0.15) is 0 Å². The predicted octanol–water partition coefficient (Wildman–Crippen LogP) is 2.54. The molecule has 108 valence electrons. The lowest BCUT2D eigenvalue weighted by molar-refractivity contribution is 0.410. The maximum atomic E-state index is 4.40. The minimum Gasteiger partial charge on any atom is -0.366 e. The van der Waals surface area contributed by atoms with Gasteiger partial charge in [0.25, 0.3) is 0 Å². The summed E-state index contributed by atoms with van der Waals surface area (Å²) in [5.74, 6) is 2.42. The molecule has 0 aliphatic heterocycles. The van der Waals surface area contributed by atoms with Crippen LogP contribution >= 0.6 is 0 Å². The molecule has 0 saturated heterocycles. The standard InChI is InChI=1S/C14H22N6/c1-10(2)6-7-11-4-3-5-12(11)15-13-8-9-14-16-18-19-20(14)17-13/h8-12H,3-7H2,1-2H3,(H,15,17). The van der Waals surface area contributed by atoms with Crippen molar-refractivity contribution in [2.45, 2.75) is 52.0 Å². The molecule has 1 aliphatic carbocycles. The topological polar surface area (TPSA) is 68.0 Å². The molecule has 2 aromatic rings. The van der Waals surface area contributed by atoms with Crippen LogP contribution in [0.15, 0.2) is 12.1 Å². The zero-order valence-corrected chi connectivity index (χ0v) is 12.2. The Balaban J connectivity index is 1.66. The second-order valence-electron chi connectivity index (χ2n) is 6.16. The molecule has 0 spiro atoms. The molecule has 6 nitrogen and oxygen atoms in total. The fourth-order valence-corrected chi connectivity index (χ4v) is 3.04. The highest BCUT2D eigenvalue weighted by Crippen LogP contribution is 2.32. The van der Waals surface area contributed by atoms with E-state index in [1.54, 1.807) is 0 Å². The molecular weight excluding hydrogens is 252 g/mol. The molecule has 2 atom stereocenters. The number of tetrazole rings is 1. The van der Waals surface area contributed by atoms with Gasteiger partial charge in [-0.25, -0.2) is 0 Å². The summed E-state index contributed by atoms with van der Waals surface area (Å²) >= 11 is 0. The van der Waals surface area contributed by atoms with E-state index in [0.29, 0.717) is 11.7 Å². The van der Waals surface area contributed by atoms with Crippen molar-refractivity contribution in [1.82, 2.24) is 25.3 Å². The van der Waals surface area contributed by atoms with Gasteiger partial charge in [0.2, 0.25) is 0 Å². The van der Waals surface area contributed by atoms with Crippen molar-refractivity contribution in [3.8, 4) is 0 Å². The van der Waals surface area contributed by atoms with Gasteiger partial charge in [0.05, 0.1) is 0 Å². The van der Waals surface area contributed by atoms with Gasteiger partial charge in [-0.15, -0.1) is 14.8 Å². The third kappa shape index (κ3) is 2.89. The SMILES string of the molecule is CC(C)CCC1CCCC1Nc1ccc2nnnn2n1. The van der Waals surface area contributed by atoms with E-state index in [0.717, 1.165) is 17.7 Å². The zero-order valence-electron chi connectivity index (χ0n) is 12.2. The molecule has 1 fully saturated rings. The number of anilines is 1. The van der Waals surface area contributed by atoms with Gasteiger partial charge in [0.15, 0.2) is 5.65 Å². The highest BCUT2D eigenvalue weighted by Gasteiger charge is 2.27. The van der Waals surface area contributed by atoms with Crippen LogP contribution in [0.5, 0.6) is 0 Å². The first-order valence-corrected chi connectivity index (χ1v) is 7.54. The number of aromatic nitrogens is 5. The van der Waals surface area contributed by atoms with E-state index in [1.165, 1.54) is 36.7 Å². The van der Waals surface area contributed by atoms with E-state index in [2.05, 4.69) is 39.8 Å². The van der Waals surface area contributed by atoms with Crippen molar-refractivity contribution in [2.75, 3.05) is 5.32 Å². The van der Waals surface area contributed by atoms with Crippen molar-refractivity contribution in [3.05, 3.63) is 12.1 Å². The molecule has 2 aromatic heterocycles. The van der Waals surface area contributed by atoms with E-state index in [4.69, 9.17) is 0 Å². The summed E-state index contributed by atoms with van der Waals surface area (Å²) < 4.78 is 1.47. The Bertz CT molecular complexity index is 564. The highest BCUT2D eigenvalue weighted by molar-refractivity contribution is 5.42. The van der Waals surface area contributed by atoms with Crippen molar-refractivity contribution in [1.29, 1.82) is 0 Å². The summed E-state index contributed by atoms with van der Waals surface area (Å²) in [5.41, 5.74) is 0.679. The van der Waals surface area contributed by atoms with Crippen LogP contribution in [0, 0.1) is 11.8 Å². The van der Waals surface area contributed by atoms with Crippen LogP contribution in [0.2, 0.25) is 0 Å². The van der Waals surface area contributed by atoms with Crippen LogP contribution in [0.4, 0.5) is 5.82 Å². The smallest absolute Gasteiger partial charge is 0.200 e. The Kier molecular flexibility index (Phi) is 3.80. The highest BCUT2D eigenvalue weighted by atomic mass is 15.6. The van der Waals surface area contributed by atoms with Gasteiger partial charge in [-0.3, -0.25) is 0 Å². The average molecular weight is 274 g/mol. The molecule has 1 aliphatic rings. The monoisotopic (exact) mass is 274 g/mol. The molecule has 0 bridgehead atoms. The number of hydrogen-bond donors (Lipinski definition) is 1. The molecule has 2 heterocycles. The Hall–Kier alpha value is -1.72. The molecule has 3 rings (SSSR count). The van der Waals surface area contributed by atoms with Crippen LogP contribution in [-0.2, 0) is 0 Å². The molecule has 2 unspecified atom stereocenters. The molecule has 0 aromatic carbocycles. The molecule has 1 saturated carbocycles. The van der Waals surface area contributed by atoms with Crippen LogP contribution in [-0.4, -0.2) is 31.3 Å². The summed E-state index contributed by atoms with van der Waals surface area (Å²) in [6.45, 7) is 4.59. The lowest BCUT2D eigenvalue weighted by atomic mass is 9.94. The lowest BCUT2D eigenvalue weighted by Crippen LogP contribution is -2.25. The van der Waals surface area contributed by atoms with Crippen LogP contribution in [0.3, 0.4) is 0 Å². The average Bonchev–Trinajstić information content (AvgIpc) is 3.04. The molecular formula is C14H22N6. The fraction of sp³-hybridized carbons (Fsp3) is 0.714. The minimum atomic E-state index is 0.537. The van der Waals surface area contributed by atoms with E-state index in [1.807, 2.05) is 12.1 Å². The summed E-state index contributed by atoms with van der Waals surface area (Å²) in [6, 6.07) is 4.40. The van der Waals surface area contributed by atoms with Crippen molar-refractivity contribution < 1.29 is 0 Å². The van der Waals surface area contributed by atoms with E-state index in [-0.39, 0.29) is 0 Å². The van der Waals surface area contributed by atoms with Gasteiger partial charge in [0, 0.05) is 6.04 Å². The molecule has 0 radical (unpaired) electrons.